The monoisotopic (exact) mass is 572 g/mol. The predicted octanol–water partition coefficient (Wildman–Crippen LogP) is -0.0196. The smallest absolute Gasteiger partial charge is 0.870 e. The van der Waals surface area contributed by atoms with Gasteiger partial charge in [-0.1, -0.05) is 90.0 Å². The van der Waals surface area contributed by atoms with Crippen molar-refractivity contribution in [1.29, 1.82) is 0 Å². The van der Waals surface area contributed by atoms with E-state index in [-0.39, 0.29) is 26.2 Å². The van der Waals surface area contributed by atoms with Crippen LogP contribution in [0.4, 0.5) is 0 Å². The predicted molar refractivity (Wildman–Crippen MR) is 102 cm³/mol. The summed E-state index contributed by atoms with van der Waals surface area (Å²) in [6.45, 7) is 0. The molecule has 0 heterocycles. The maximum absolute atomic E-state index is 10.5. The van der Waals surface area contributed by atoms with Crippen molar-refractivity contribution in [3.8, 4) is 17.2 Å². The molecule has 0 saturated carbocycles. The van der Waals surface area contributed by atoms with Crippen LogP contribution < -0.4 is 31.6 Å². The van der Waals surface area contributed by atoms with E-state index in [2.05, 4.69) is 0 Å². The van der Waals surface area contributed by atoms with E-state index in [0.717, 1.165) is 0 Å². The third kappa shape index (κ3) is 10.2. The first kappa shape index (κ1) is 25.0. The van der Waals surface area contributed by atoms with E-state index >= 15 is 0 Å². The third-order valence-electron chi connectivity index (χ3n) is 2.88. The van der Waals surface area contributed by atoms with Gasteiger partial charge in [0, 0.05) is 0 Å². The second-order valence-electron chi connectivity index (χ2n) is 4.92. The summed E-state index contributed by atoms with van der Waals surface area (Å²) in [6.07, 6.45) is 0. The summed E-state index contributed by atoms with van der Waals surface area (Å²) in [5, 5.41) is 31.5. The van der Waals surface area contributed by atoms with E-state index in [1.807, 2.05) is 0 Å². The third-order valence-corrected chi connectivity index (χ3v) is 2.88. The van der Waals surface area contributed by atoms with Crippen LogP contribution in [0.1, 0.15) is 0 Å². The molecule has 6 nitrogen and oxygen atoms in total. The number of rotatable bonds is 0. The molecule has 2 radical (unpaired) electrons. The molecule has 0 N–H and O–H groups in total. The Morgan fingerprint density at radius 2 is 0.607 bits per heavy atom. The van der Waals surface area contributed by atoms with Gasteiger partial charge in [-0.15, -0.1) is 0 Å². The van der Waals surface area contributed by atoms with E-state index in [0.29, 0.717) is 0 Å². The van der Waals surface area contributed by atoms with Gasteiger partial charge in [-0.3, -0.25) is 14.4 Å². The molecule has 0 unspecified atom stereocenters. The van der Waals surface area contributed by atoms with Gasteiger partial charge in [0.2, 0.25) is 0 Å². The van der Waals surface area contributed by atoms with Gasteiger partial charge in [0.15, 0.2) is 16.3 Å². The zero-order chi connectivity index (χ0) is 20.1. The first-order chi connectivity index (χ1) is 12.9. The Hall–Kier alpha value is -3.05. The topological polar surface area (TPSA) is 120 Å². The van der Waals surface area contributed by atoms with E-state index in [4.69, 9.17) is 0 Å². The van der Waals surface area contributed by atoms with Crippen LogP contribution in [0.2, 0.25) is 0 Å². The molecule has 0 aliphatic rings. The SMILES string of the molecule is O=c1cccccc1[O-].O=c1cccccc1[O-].O=c1cccccc1[O-].[Bi+3]. The fraction of sp³-hybridized carbons (Fsp3) is 0. The first-order valence-corrected chi connectivity index (χ1v) is 7.71. The molecule has 3 aromatic carbocycles. The largest absolute Gasteiger partial charge is 3.00 e. The Balaban J connectivity index is 0.000000384. The molecular formula is C21H15BiO6. The van der Waals surface area contributed by atoms with Crippen molar-refractivity contribution in [3.05, 3.63) is 122 Å². The van der Waals surface area contributed by atoms with Crippen LogP contribution >= 0.6 is 0 Å². The summed E-state index contributed by atoms with van der Waals surface area (Å²) in [5.74, 6) is -1.37. The molecule has 7 heteroatoms. The molecule has 28 heavy (non-hydrogen) atoms. The van der Waals surface area contributed by atoms with E-state index in [1.54, 1.807) is 54.6 Å². The summed E-state index contributed by atoms with van der Waals surface area (Å²) in [4.78, 5) is 31.5. The average Bonchev–Trinajstić information content (AvgIpc) is 3.04. The molecule has 0 amide bonds. The van der Waals surface area contributed by atoms with Crippen molar-refractivity contribution >= 4 is 26.2 Å². The second kappa shape index (κ2) is 14.1. The first-order valence-electron chi connectivity index (χ1n) is 7.71. The van der Waals surface area contributed by atoms with Gasteiger partial charge >= 0.3 is 26.2 Å². The Kier molecular flexibility index (Phi) is 12.5. The summed E-state index contributed by atoms with van der Waals surface area (Å²) in [6, 6.07) is 21.7. The van der Waals surface area contributed by atoms with Gasteiger partial charge in [0.25, 0.3) is 0 Å². The summed E-state index contributed by atoms with van der Waals surface area (Å²) < 4.78 is 0. The van der Waals surface area contributed by atoms with Gasteiger partial charge in [0.05, 0.1) is 0 Å². The molecule has 3 aromatic rings. The number of hydrogen-bond acceptors (Lipinski definition) is 6. The standard InChI is InChI=1S/3C7H6O2.Bi/c3*8-6-4-2-1-3-5-7(6)9;/h3*1-5H,(H,8,9);/q;;;+3/p-3. The van der Waals surface area contributed by atoms with Gasteiger partial charge in [-0.25, -0.2) is 0 Å². The minimum atomic E-state index is -0.458. The Morgan fingerprint density at radius 3 is 0.857 bits per heavy atom. The van der Waals surface area contributed by atoms with Gasteiger partial charge in [0.1, 0.15) is 0 Å². The zero-order valence-electron chi connectivity index (χ0n) is 14.6. The van der Waals surface area contributed by atoms with Gasteiger partial charge in [-0.2, -0.15) is 0 Å². The average molecular weight is 572 g/mol. The van der Waals surface area contributed by atoms with Crippen molar-refractivity contribution in [1.82, 2.24) is 0 Å². The molecular weight excluding hydrogens is 557 g/mol. The second-order valence-corrected chi connectivity index (χ2v) is 4.92. The van der Waals surface area contributed by atoms with E-state index in [1.165, 1.54) is 36.4 Å². The summed E-state index contributed by atoms with van der Waals surface area (Å²) >= 11 is 0. The van der Waals surface area contributed by atoms with Gasteiger partial charge in [-0.05, 0) is 18.2 Å². The van der Waals surface area contributed by atoms with Crippen LogP contribution in [-0.2, 0) is 0 Å². The van der Waals surface area contributed by atoms with Crippen LogP contribution in [0.15, 0.2) is 105 Å². The van der Waals surface area contributed by atoms with Crippen molar-refractivity contribution in [2.75, 3.05) is 0 Å². The molecule has 3 rings (SSSR count). The van der Waals surface area contributed by atoms with Crippen LogP contribution in [0.25, 0.3) is 0 Å². The van der Waals surface area contributed by atoms with Crippen LogP contribution in [0, 0.1) is 0 Å². The van der Waals surface area contributed by atoms with Crippen LogP contribution in [0.3, 0.4) is 0 Å². The molecule has 0 bridgehead atoms. The molecule has 0 aliphatic heterocycles. The fourth-order valence-corrected chi connectivity index (χ4v) is 1.54. The fourth-order valence-electron chi connectivity index (χ4n) is 1.54. The Morgan fingerprint density at radius 1 is 0.393 bits per heavy atom. The van der Waals surface area contributed by atoms with Crippen molar-refractivity contribution in [2.45, 2.75) is 0 Å². The molecule has 0 aliphatic carbocycles. The van der Waals surface area contributed by atoms with Gasteiger partial charge < -0.3 is 15.3 Å². The van der Waals surface area contributed by atoms with E-state index in [9.17, 15) is 29.7 Å². The minimum absolute atomic E-state index is 0. The maximum atomic E-state index is 10.5. The molecule has 0 saturated heterocycles. The van der Waals surface area contributed by atoms with Crippen molar-refractivity contribution in [3.63, 3.8) is 0 Å². The quantitative estimate of drug-likeness (QED) is 0.350. The van der Waals surface area contributed by atoms with Crippen molar-refractivity contribution < 1.29 is 15.3 Å². The molecule has 0 fully saturated rings. The van der Waals surface area contributed by atoms with Crippen LogP contribution in [-0.4, -0.2) is 26.2 Å². The van der Waals surface area contributed by atoms with Crippen molar-refractivity contribution in [2.24, 2.45) is 0 Å². The normalized spacial score (nSPS) is 8.57. The minimum Gasteiger partial charge on any atom is -0.870 e. The Bertz CT molecular complexity index is 906. The maximum Gasteiger partial charge on any atom is 3.00 e. The molecule has 0 aromatic heterocycles. The molecule has 0 atom stereocenters. The molecule has 0 spiro atoms. The Labute approximate surface area is 180 Å². The molecule has 140 valence electrons. The van der Waals surface area contributed by atoms with Crippen LogP contribution in [0.5, 0.6) is 17.2 Å². The van der Waals surface area contributed by atoms with E-state index < -0.39 is 33.5 Å². The summed E-state index contributed by atoms with van der Waals surface area (Å²) in [5.41, 5.74) is -1.37. The summed E-state index contributed by atoms with van der Waals surface area (Å²) in [7, 11) is 0. The zero-order valence-corrected chi connectivity index (χ0v) is 18.0. The number of hydrogen-bond donors (Lipinski definition) is 0.